The largest absolute Gasteiger partial charge is 0.433 e. The van der Waals surface area contributed by atoms with Crippen LogP contribution in [0.3, 0.4) is 0 Å². The minimum atomic E-state index is -4.46. The molecule has 7 heteroatoms. The van der Waals surface area contributed by atoms with Crippen LogP contribution in [0.5, 0.6) is 0 Å². The van der Waals surface area contributed by atoms with Crippen LogP contribution in [0.25, 0.3) is 11.1 Å². The van der Waals surface area contributed by atoms with E-state index in [2.05, 4.69) is 15.6 Å². The van der Waals surface area contributed by atoms with Gasteiger partial charge in [-0.25, -0.2) is 0 Å². The Kier molecular flexibility index (Phi) is 5.55. The number of pyridine rings is 1. The second-order valence-electron chi connectivity index (χ2n) is 7.28. The zero-order chi connectivity index (χ0) is 21.1. The Hall–Kier alpha value is -3.19. The molecule has 154 valence electrons. The molecule has 0 aliphatic carbocycles. The molecule has 1 aromatic heterocycles. The van der Waals surface area contributed by atoms with E-state index in [0.717, 1.165) is 23.7 Å². The second kappa shape index (κ2) is 8.28. The lowest BCUT2D eigenvalue weighted by molar-refractivity contribution is -0.141. The number of halogens is 3. The Bertz CT molecular complexity index is 1000. The van der Waals surface area contributed by atoms with Crippen LogP contribution in [0, 0.1) is 5.92 Å². The lowest BCUT2D eigenvalue weighted by atomic mass is 9.88. The van der Waals surface area contributed by atoms with Crippen molar-refractivity contribution >= 4 is 11.6 Å². The number of carbonyl (C=O) groups is 1. The quantitative estimate of drug-likeness (QED) is 0.654. The zero-order valence-corrected chi connectivity index (χ0v) is 16.0. The third-order valence-corrected chi connectivity index (χ3v) is 5.32. The first-order valence-electron chi connectivity index (χ1n) is 9.62. The number of anilines is 1. The number of hydrogen-bond acceptors (Lipinski definition) is 3. The number of nitrogens with zero attached hydrogens (tertiary/aromatic N) is 1. The van der Waals surface area contributed by atoms with E-state index in [1.807, 2.05) is 30.3 Å². The summed E-state index contributed by atoms with van der Waals surface area (Å²) in [5.74, 6) is -0.118. The number of nitrogens with one attached hydrogen (secondary N) is 2. The van der Waals surface area contributed by atoms with Gasteiger partial charge in [0.15, 0.2) is 0 Å². The minimum absolute atomic E-state index is 0.0576. The van der Waals surface area contributed by atoms with E-state index in [1.54, 1.807) is 24.3 Å². The maximum absolute atomic E-state index is 12.8. The minimum Gasteiger partial charge on any atom is -0.326 e. The molecule has 1 fully saturated rings. The van der Waals surface area contributed by atoms with Crippen molar-refractivity contribution in [2.45, 2.75) is 12.1 Å². The van der Waals surface area contributed by atoms with Crippen LogP contribution < -0.4 is 10.6 Å². The van der Waals surface area contributed by atoms with Crippen molar-refractivity contribution in [3.05, 3.63) is 84.2 Å². The van der Waals surface area contributed by atoms with Gasteiger partial charge in [0, 0.05) is 36.5 Å². The van der Waals surface area contributed by atoms with Gasteiger partial charge in [0.2, 0.25) is 5.91 Å². The second-order valence-corrected chi connectivity index (χ2v) is 7.28. The molecule has 2 aromatic carbocycles. The average molecular weight is 411 g/mol. The van der Waals surface area contributed by atoms with E-state index in [0.29, 0.717) is 17.8 Å². The van der Waals surface area contributed by atoms with E-state index >= 15 is 0 Å². The molecular formula is C23H20F3N3O. The third-order valence-electron chi connectivity index (χ3n) is 5.32. The molecule has 1 aliphatic heterocycles. The number of hydrogen-bond donors (Lipinski definition) is 2. The molecular weight excluding hydrogens is 391 g/mol. The summed E-state index contributed by atoms with van der Waals surface area (Å²) >= 11 is 0. The molecule has 0 bridgehead atoms. The SMILES string of the molecule is O=C(Nc1ccc(-c2ccc(C(F)(F)F)nc2)cc1)[C@@H]1CNC[C@H]1c1ccccc1. The van der Waals surface area contributed by atoms with Gasteiger partial charge in [-0.05, 0) is 29.3 Å². The number of carbonyl (C=O) groups excluding carboxylic acids is 1. The first kappa shape index (κ1) is 20.1. The van der Waals surface area contributed by atoms with Crippen LogP contribution in [-0.2, 0) is 11.0 Å². The molecule has 3 aromatic rings. The standard InChI is InChI=1S/C23H20F3N3O/c24-23(25,26)21-11-8-17(12-28-21)15-6-9-18(10-7-15)29-22(30)20-14-27-13-19(20)16-4-2-1-3-5-16/h1-12,19-20,27H,13-14H2,(H,29,30)/t19-,20+/m0/s1. The molecule has 2 N–H and O–H groups in total. The Morgan fingerprint density at radius 3 is 2.27 bits per heavy atom. The predicted molar refractivity (Wildman–Crippen MR) is 109 cm³/mol. The van der Waals surface area contributed by atoms with Gasteiger partial charge in [-0.3, -0.25) is 9.78 Å². The summed E-state index contributed by atoms with van der Waals surface area (Å²) in [5.41, 5.74) is 2.15. The molecule has 4 rings (SSSR count). The highest BCUT2D eigenvalue weighted by Gasteiger charge is 2.34. The van der Waals surface area contributed by atoms with Crippen molar-refractivity contribution in [2.24, 2.45) is 5.92 Å². The fourth-order valence-corrected chi connectivity index (χ4v) is 3.72. The summed E-state index contributed by atoms with van der Waals surface area (Å²) in [4.78, 5) is 16.3. The van der Waals surface area contributed by atoms with Crippen molar-refractivity contribution in [3.8, 4) is 11.1 Å². The summed E-state index contributed by atoms with van der Waals surface area (Å²) in [6, 6.07) is 19.3. The van der Waals surface area contributed by atoms with Gasteiger partial charge in [0.05, 0.1) is 5.92 Å². The molecule has 1 aliphatic rings. The van der Waals surface area contributed by atoms with Crippen LogP contribution >= 0.6 is 0 Å². The van der Waals surface area contributed by atoms with Crippen LogP contribution in [0.15, 0.2) is 72.9 Å². The van der Waals surface area contributed by atoms with Crippen LogP contribution in [0.4, 0.5) is 18.9 Å². The number of alkyl halides is 3. The van der Waals surface area contributed by atoms with Crippen molar-refractivity contribution in [1.82, 2.24) is 10.3 Å². The van der Waals surface area contributed by atoms with E-state index in [1.165, 1.54) is 12.3 Å². The van der Waals surface area contributed by atoms with Crippen LogP contribution in [-0.4, -0.2) is 24.0 Å². The number of amides is 1. The van der Waals surface area contributed by atoms with Gasteiger partial charge in [-0.1, -0.05) is 48.5 Å². The molecule has 0 spiro atoms. The van der Waals surface area contributed by atoms with Gasteiger partial charge in [-0.15, -0.1) is 0 Å². The average Bonchev–Trinajstić information content (AvgIpc) is 3.25. The third kappa shape index (κ3) is 4.36. The Morgan fingerprint density at radius 2 is 1.63 bits per heavy atom. The lowest BCUT2D eigenvalue weighted by Crippen LogP contribution is -2.28. The molecule has 1 saturated heterocycles. The van der Waals surface area contributed by atoms with Crippen molar-refractivity contribution in [2.75, 3.05) is 18.4 Å². The van der Waals surface area contributed by atoms with Gasteiger partial charge in [-0.2, -0.15) is 13.2 Å². The molecule has 4 nitrogen and oxygen atoms in total. The molecule has 0 radical (unpaired) electrons. The van der Waals surface area contributed by atoms with Crippen molar-refractivity contribution < 1.29 is 18.0 Å². The zero-order valence-electron chi connectivity index (χ0n) is 16.0. The summed E-state index contributed by atoms with van der Waals surface area (Å²) in [6.45, 7) is 1.36. The molecule has 0 unspecified atom stereocenters. The smallest absolute Gasteiger partial charge is 0.326 e. The predicted octanol–water partition coefficient (Wildman–Crippen LogP) is 4.71. The number of aromatic nitrogens is 1. The molecule has 30 heavy (non-hydrogen) atoms. The summed E-state index contributed by atoms with van der Waals surface area (Å²) in [5, 5.41) is 6.23. The molecule has 1 amide bonds. The topological polar surface area (TPSA) is 54.0 Å². The maximum atomic E-state index is 12.8. The number of rotatable bonds is 4. The fraction of sp³-hybridized carbons (Fsp3) is 0.217. The molecule has 0 saturated carbocycles. The monoisotopic (exact) mass is 411 g/mol. The summed E-state index contributed by atoms with van der Waals surface area (Å²) < 4.78 is 38.0. The first-order valence-corrected chi connectivity index (χ1v) is 9.62. The van der Waals surface area contributed by atoms with E-state index in [9.17, 15) is 18.0 Å². The van der Waals surface area contributed by atoms with Crippen molar-refractivity contribution in [3.63, 3.8) is 0 Å². The Morgan fingerprint density at radius 1 is 0.933 bits per heavy atom. The summed E-state index contributed by atoms with van der Waals surface area (Å²) in [7, 11) is 0. The van der Waals surface area contributed by atoms with Crippen LogP contribution in [0.2, 0.25) is 0 Å². The Labute approximate surface area is 172 Å². The van der Waals surface area contributed by atoms with Gasteiger partial charge >= 0.3 is 6.18 Å². The number of benzene rings is 2. The van der Waals surface area contributed by atoms with Crippen LogP contribution in [0.1, 0.15) is 17.2 Å². The van der Waals surface area contributed by atoms with Gasteiger partial charge in [0.25, 0.3) is 0 Å². The maximum Gasteiger partial charge on any atom is 0.433 e. The van der Waals surface area contributed by atoms with E-state index in [-0.39, 0.29) is 17.7 Å². The highest BCUT2D eigenvalue weighted by atomic mass is 19.4. The van der Waals surface area contributed by atoms with Crippen molar-refractivity contribution in [1.29, 1.82) is 0 Å². The summed E-state index contributed by atoms with van der Waals surface area (Å²) in [6.07, 6.45) is -3.26. The van der Waals surface area contributed by atoms with Gasteiger partial charge < -0.3 is 10.6 Å². The first-order chi connectivity index (χ1) is 14.4. The fourth-order valence-electron chi connectivity index (χ4n) is 3.72. The highest BCUT2D eigenvalue weighted by Crippen LogP contribution is 2.31. The lowest BCUT2D eigenvalue weighted by Gasteiger charge is -2.18. The molecule has 2 atom stereocenters. The normalized spacial score (nSPS) is 18.9. The van der Waals surface area contributed by atoms with Gasteiger partial charge in [0.1, 0.15) is 5.69 Å². The molecule has 2 heterocycles. The highest BCUT2D eigenvalue weighted by molar-refractivity contribution is 5.94. The Balaban J connectivity index is 1.44. The van der Waals surface area contributed by atoms with E-state index < -0.39 is 11.9 Å². The van der Waals surface area contributed by atoms with E-state index in [4.69, 9.17) is 0 Å².